The van der Waals surface area contributed by atoms with E-state index in [1.807, 2.05) is 6.92 Å². The molecule has 4 heterocycles. The highest BCUT2D eigenvalue weighted by Crippen LogP contribution is 2.42. The molecule has 9 nitrogen and oxygen atoms in total. The van der Waals surface area contributed by atoms with E-state index in [1.54, 1.807) is 4.90 Å². The number of halogens is 4. The number of nitrogen functional groups attached to an aromatic ring is 1. The number of piperidine rings is 1. The van der Waals surface area contributed by atoms with E-state index in [0.29, 0.717) is 24.9 Å². The van der Waals surface area contributed by atoms with Crippen molar-refractivity contribution in [2.75, 3.05) is 25.9 Å². The Morgan fingerprint density at radius 1 is 1.20 bits per heavy atom. The summed E-state index contributed by atoms with van der Waals surface area (Å²) in [6.45, 7) is 2.41. The molecule has 1 aliphatic rings. The normalized spacial score (nSPS) is 18.6. The summed E-state index contributed by atoms with van der Waals surface area (Å²) in [5, 5.41) is 15.1. The number of benzene rings is 1. The second kappa shape index (κ2) is 10.0. The third kappa shape index (κ3) is 4.81. The summed E-state index contributed by atoms with van der Waals surface area (Å²) in [7, 11) is 1.33. The van der Waals surface area contributed by atoms with Gasteiger partial charge in [0.25, 0.3) is 5.91 Å². The molecule has 2 atom stereocenters. The molecule has 0 spiro atoms. The standard InChI is InChI=1S/C27H26F4N6O3/c1-26(22(38)15-4-6-17(28)7-5-15)8-3-9-36(13-26)25(39)18-10-16(12-33-24(18)40-2)20-11-19(27(29,30)31)21-23(32)34-14-35-37(20)21/h4-7,10-12,14,22,38H,3,8-9,13H2,1-2H3,(H2,32,34,35). The number of ether oxygens (including phenoxy) is 1. The summed E-state index contributed by atoms with van der Waals surface area (Å²) >= 11 is 0. The van der Waals surface area contributed by atoms with Gasteiger partial charge in [-0.1, -0.05) is 19.1 Å². The summed E-state index contributed by atoms with van der Waals surface area (Å²) in [5.41, 5.74) is 4.34. The average Bonchev–Trinajstić information content (AvgIpc) is 3.34. The fraction of sp³-hybridized carbons (Fsp3) is 0.333. The molecule has 1 saturated heterocycles. The van der Waals surface area contributed by atoms with Crippen molar-refractivity contribution in [3.05, 3.63) is 71.4 Å². The van der Waals surface area contributed by atoms with Crippen molar-refractivity contribution >= 4 is 17.2 Å². The Morgan fingerprint density at radius 3 is 2.60 bits per heavy atom. The smallest absolute Gasteiger partial charge is 0.418 e. The number of nitrogens with two attached hydrogens (primary N) is 1. The zero-order valence-corrected chi connectivity index (χ0v) is 21.6. The Bertz CT molecular complexity index is 1570. The number of aliphatic hydroxyl groups excluding tert-OH is 1. The molecule has 3 aromatic heterocycles. The summed E-state index contributed by atoms with van der Waals surface area (Å²) in [5.74, 6) is -1.24. The minimum Gasteiger partial charge on any atom is -0.480 e. The topological polar surface area (TPSA) is 119 Å². The summed E-state index contributed by atoms with van der Waals surface area (Å²) in [6, 6.07) is 7.84. The molecule has 1 aliphatic heterocycles. The van der Waals surface area contributed by atoms with E-state index in [1.165, 1.54) is 43.6 Å². The van der Waals surface area contributed by atoms with Crippen LogP contribution in [0.15, 0.2) is 48.9 Å². The molecule has 0 aliphatic carbocycles. The van der Waals surface area contributed by atoms with E-state index < -0.39 is 40.5 Å². The molecule has 5 rings (SSSR count). The van der Waals surface area contributed by atoms with Crippen LogP contribution in [0.2, 0.25) is 0 Å². The molecule has 0 radical (unpaired) electrons. The van der Waals surface area contributed by atoms with Crippen LogP contribution in [0.1, 0.15) is 47.4 Å². The van der Waals surface area contributed by atoms with Gasteiger partial charge in [-0.25, -0.2) is 18.9 Å². The predicted octanol–water partition coefficient (Wildman–Crippen LogP) is 4.52. The van der Waals surface area contributed by atoms with Gasteiger partial charge in [0, 0.05) is 30.3 Å². The molecular weight excluding hydrogens is 532 g/mol. The number of aromatic nitrogens is 4. The molecule has 40 heavy (non-hydrogen) atoms. The fourth-order valence-electron chi connectivity index (χ4n) is 5.28. The number of hydrogen-bond acceptors (Lipinski definition) is 7. The second-order valence-electron chi connectivity index (χ2n) is 10.1. The van der Waals surface area contributed by atoms with Crippen molar-refractivity contribution in [2.45, 2.75) is 32.0 Å². The first-order valence-electron chi connectivity index (χ1n) is 12.4. The number of hydrogen-bond donors (Lipinski definition) is 2. The predicted molar refractivity (Wildman–Crippen MR) is 137 cm³/mol. The number of carbonyl (C=O) groups excluding carboxylic acids is 1. The number of aliphatic hydroxyl groups is 1. The number of amides is 1. The van der Waals surface area contributed by atoms with Gasteiger partial charge in [0.1, 0.15) is 23.2 Å². The number of methoxy groups -OCH3 is 1. The molecule has 13 heteroatoms. The molecule has 1 amide bonds. The number of likely N-dealkylation sites (tertiary alicyclic amines) is 1. The number of nitrogens with zero attached hydrogens (tertiary/aromatic N) is 5. The third-order valence-corrected chi connectivity index (χ3v) is 7.32. The maximum atomic E-state index is 13.8. The number of anilines is 1. The van der Waals surface area contributed by atoms with Gasteiger partial charge in [-0.05, 0) is 42.7 Å². The zero-order chi connectivity index (χ0) is 28.8. The molecule has 1 fully saturated rings. The highest BCUT2D eigenvalue weighted by atomic mass is 19.4. The number of carbonyl (C=O) groups is 1. The molecular formula is C27H26F4N6O3. The maximum absolute atomic E-state index is 13.8. The molecule has 210 valence electrons. The lowest BCUT2D eigenvalue weighted by Crippen LogP contribution is -2.47. The second-order valence-corrected chi connectivity index (χ2v) is 10.1. The molecule has 3 N–H and O–H groups in total. The first kappa shape index (κ1) is 27.3. The maximum Gasteiger partial charge on any atom is 0.418 e. The van der Waals surface area contributed by atoms with E-state index in [9.17, 15) is 27.5 Å². The lowest BCUT2D eigenvalue weighted by Gasteiger charge is -2.43. The Balaban J connectivity index is 1.51. The quantitative estimate of drug-likeness (QED) is 0.346. The van der Waals surface area contributed by atoms with Crippen LogP contribution in [-0.4, -0.2) is 55.7 Å². The van der Waals surface area contributed by atoms with Gasteiger partial charge in [0.2, 0.25) is 5.88 Å². The van der Waals surface area contributed by atoms with Crippen LogP contribution in [0.4, 0.5) is 23.4 Å². The van der Waals surface area contributed by atoms with Crippen molar-refractivity contribution < 1.29 is 32.2 Å². The minimum absolute atomic E-state index is 0.00819. The van der Waals surface area contributed by atoms with Crippen molar-refractivity contribution in [1.82, 2.24) is 24.5 Å². The number of fused-ring (bicyclic) bond motifs is 1. The van der Waals surface area contributed by atoms with E-state index in [0.717, 1.165) is 16.9 Å². The van der Waals surface area contributed by atoms with Crippen molar-refractivity contribution in [3.8, 4) is 17.1 Å². The van der Waals surface area contributed by atoms with Crippen LogP contribution in [-0.2, 0) is 6.18 Å². The number of alkyl halides is 3. The molecule has 4 aromatic rings. The van der Waals surface area contributed by atoms with E-state index in [4.69, 9.17) is 10.5 Å². The molecule has 0 saturated carbocycles. The van der Waals surface area contributed by atoms with Gasteiger partial charge in [-0.2, -0.15) is 18.3 Å². The summed E-state index contributed by atoms with van der Waals surface area (Å²) in [4.78, 5) is 23.2. The Hall–Kier alpha value is -4.26. The monoisotopic (exact) mass is 558 g/mol. The van der Waals surface area contributed by atoms with Gasteiger partial charge in [0.05, 0.1) is 24.5 Å². The van der Waals surface area contributed by atoms with Gasteiger partial charge in [-0.3, -0.25) is 4.79 Å². The Kier molecular flexibility index (Phi) is 6.86. The van der Waals surface area contributed by atoms with Gasteiger partial charge in [-0.15, -0.1) is 0 Å². The first-order valence-corrected chi connectivity index (χ1v) is 12.4. The molecule has 2 unspecified atom stereocenters. The molecule has 1 aromatic carbocycles. The number of rotatable bonds is 5. The Labute approximate surface area is 226 Å². The number of pyridine rings is 1. The highest BCUT2D eigenvalue weighted by molar-refractivity contribution is 5.97. The van der Waals surface area contributed by atoms with Crippen molar-refractivity contribution in [2.24, 2.45) is 5.41 Å². The third-order valence-electron chi connectivity index (χ3n) is 7.32. The lowest BCUT2D eigenvalue weighted by molar-refractivity contribution is -0.136. The summed E-state index contributed by atoms with van der Waals surface area (Å²) in [6.07, 6.45) is -2.17. The highest BCUT2D eigenvalue weighted by Gasteiger charge is 2.41. The van der Waals surface area contributed by atoms with Crippen LogP contribution in [0.5, 0.6) is 5.88 Å². The van der Waals surface area contributed by atoms with Crippen LogP contribution < -0.4 is 10.5 Å². The van der Waals surface area contributed by atoms with E-state index in [2.05, 4.69) is 15.1 Å². The summed E-state index contributed by atoms with van der Waals surface area (Å²) < 4.78 is 61.2. The Morgan fingerprint density at radius 2 is 1.93 bits per heavy atom. The van der Waals surface area contributed by atoms with Gasteiger partial charge in [0.15, 0.2) is 5.82 Å². The van der Waals surface area contributed by atoms with Crippen LogP contribution in [0.25, 0.3) is 16.8 Å². The average molecular weight is 559 g/mol. The first-order chi connectivity index (χ1) is 18.9. The van der Waals surface area contributed by atoms with Crippen molar-refractivity contribution in [3.63, 3.8) is 0 Å². The van der Waals surface area contributed by atoms with E-state index in [-0.39, 0.29) is 35.1 Å². The fourth-order valence-corrected chi connectivity index (χ4v) is 5.28. The SMILES string of the molecule is COc1ncc(-c2cc(C(F)(F)F)c3c(N)ncnn23)cc1C(=O)N1CCCC(C)(C(O)c2ccc(F)cc2)C1. The van der Waals surface area contributed by atoms with Gasteiger partial charge >= 0.3 is 6.18 Å². The van der Waals surface area contributed by atoms with Crippen molar-refractivity contribution in [1.29, 1.82) is 0 Å². The van der Waals surface area contributed by atoms with Crippen LogP contribution in [0, 0.1) is 11.2 Å². The largest absolute Gasteiger partial charge is 0.480 e. The minimum atomic E-state index is -4.73. The molecule has 0 bridgehead atoms. The van der Waals surface area contributed by atoms with Crippen LogP contribution in [0.3, 0.4) is 0 Å². The van der Waals surface area contributed by atoms with E-state index >= 15 is 0 Å². The zero-order valence-electron chi connectivity index (χ0n) is 21.6. The van der Waals surface area contributed by atoms with Crippen LogP contribution >= 0.6 is 0 Å². The lowest BCUT2D eigenvalue weighted by atomic mass is 9.74. The van der Waals surface area contributed by atoms with Gasteiger partial charge < -0.3 is 20.5 Å².